The Labute approximate surface area is 89.7 Å². The van der Waals surface area contributed by atoms with Gasteiger partial charge in [0.25, 0.3) is 0 Å². The van der Waals surface area contributed by atoms with Crippen molar-refractivity contribution in [3.05, 3.63) is 23.3 Å². The molecule has 0 aromatic carbocycles. The number of methoxy groups -OCH3 is 1. The highest BCUT2D eigenvalue weighted by Crippen LogP contribution is 2.20. The Kier molecular flexibility index (Phi) is 3.07. The van der Waals surface area contributed by atoms with Crippen molar-refractivity contribution in [2.24, 2.45) is 0 Å². The first-order valence-electron chi connectivity index (χ1n) is 4.79. The van der Waals surface area contributed by atoms with Gasteiger partial charge < -0.3 is 4.74 Å². The van der Waals surface area contributed by atoms with Gasteiger partial charge in [0.05, 0.1) is 12.8 Å². The quantitative estimate of drug-likeness (QED) is 0.661. The van der Waals surface area contributed by atoms with Crippen LogP contribution in [-0.2, 0) is 10.2 Å². The summed E-state index contributed by atoms with van der Waals surface area (Å²) in [5.74, 6) is -0.369. The Balaban J connectivity index is 3.23. The summed E-state index contributed by atoms with van der Waals surface area (Å²) in [5, 5.41) is 0. The molecule has 0 aliphatic rings. The van der Waals surface area contributed by atoms with E-state index in [1.807, 2.05) is 33.8 Å². The Morgan fingerprint density at radius 2 is 1.93 bits per heavy atom. The highest BCUT2D eigenvalue weighted by Gasteiger charge is 2.19. The van der Waals surface area contributed by atoms with Crippen molar-refractivity contribution in [3.63, 3.8) is 0 Å². The predicted molar refractivity (Wildman–Crippen MR) is 56.8 cm³/mol. The van der Waals surface area contributed by atoms with E-state index in [4.69, 9.17) is 0 Å². The summed E-state index contributed by atoms with van der Waals surface area (Å²) in [6.45, 7) is 7.95. The molecule has 82 valence electrons. The zero-order valence-electron chi connectivity index (χ0n) is 9.79. The van der Waals surface area contributed by atoms with E-state index in [1.165, 1.54) is 7.11 Å². The highest BCUT2D eigenvalue weighted by atomic mass is 16.5. The van der Waals surface area contributed by atoms with E-state index in [1.54, 1.807) is 0 Å². The summed E-state index contributed by atoms with van der Waals surface area (Å²) in [6.07, 6.45) is 0. The number of aromatic nitrogens is 2. The molecule has 0 bridgehead atoms. The fourth-order valence-corrected chi connectivity index (χ4v) is 1.14. The molecule has 0 N–H and O–H groups in total. The monoisotopic (exact) mass is 208 g/mol. The number of esters is 1. The fourth-order valence-electron chi connectivity index (χ4n) is 1.14. The van der Waals surface area contributed by atoms with Gasteiger partial charge in [0, 0.05) is 11.1 Å². The summed E-state index contributed by atoms with van der Waals surface area (Å²) < 4.78 is 4.59. The smallest absolute Gasteiger partial charge is 0.376 e. The van der Waals surface area contributed by atoms with E-state index in [-0.39, 0.29) is 11.2 Å². The molecule has 4 nitrogen and oxygen atoms in total. The van der Waals surface area contributed by atoms with Gasteiger partial charge in [-0.2, -0.15) is 0 Å². The van der Waals surface area contributed by atoms with Crippen LogP contribution >= 0.6 is 0 Å². The molecule has 0 saturated heterocycles. The SMILES string of the molecule is COC(=O)c1nc(C)cc(C(C)(C)C)n1. The number of carbonyl (C=O) groups excluding carboxylic acids is 1. The first-order chi connectivity index (χ1) is 6.84. The Bertz CT molecular complexity index is 381. The average Bonchev–Trinajstić information content (AvgIpc) is 2.14. The molecule has 0 spiro atoms. The van der Waals surface area contributed by atoms with Gasteiger partial charge in [-0.15, -0.1) is 0 Å². The number of hydrogen-bond donors (Lipinski definition) is 0. The molecule has 0 radical (unpaired) electrons. The van der Waals surface area contributed by atoms with Crippen molar-refractivity contribution in [1.82, 2.24) is 9.97 Å². The minimum atomic E-state index is -0.496. The van der Waals surface area contributed by atoms with Crippen LogP contribution < -0.4 is 0 Å². The lowest BCUT2D eigenvalue weighted by Crippen LogP contribution is -2.18. The van der Waals surface area contributed by atoms with E-state index in [9.17, 15) is 4.79 Å². The number of nitrogens with zero attached hydrogens (tertiary/aromatic N) is 2. The van der Waals surface area contributed by atoms with Crippen molar-refractivity contribution in [1.29, 1.82) is 0 Å². The standard InChI is InChI=1S/C11H16N2O2/c1-7-6-8(11(2,3)4)13-9(12-7)10(14)15-5/h6H,1-5H3. The molecule has 0 unspecified atom stereocenters. The van der Waals surface area contributed by atoms with Gasteiger partial charge in [0.15, 0.2) is 0 Å². The molecule has 0 amide bonds. The second-order valence-corrected chi connectivity index (χ2v) is 4.46. The second-order valence-electron chi connectivity index (χ2n) is 4.46. The van der Waals surface area contributed by atoms with Gasteiger partial charge >= 0.3 is 5.97 Å². The molecule has 0 saturated carbocycles. The summed E-state index contributed by atoms with van der Waals surface area (Å²) in [4.78, 5) is 19.5. The van der Waals surface area contributed by atoms with Crippen LogP contribution in [0.1, 0.15) is 42.8 Å². The lowest BCUT2D eigenvalue weighted by Gasteiger charge is -2.18. The van der Waals surface area contributed by atoms with Crippen LogP contribution in [-0.4, -0.2) is 23.0 Å². The number of rotatable bonds is 1. The lowest BCUT2D eigenvalue weighted by atomic mass is 9.91. The summed E-state index contributed by atoms with van der Waals surface area (Å²) in [5.41, 5.74) is 1.52. The molecule has 1 aromatic heterocycles. The number of aryl methyl sites for hydroxylation is 1. The normalized spacial score (nSPS) is 11.3. The molecule has 1 rings (SSSR count). The average molecular weight is 208 g/mol. The van der Waals surface area contributed by atoms with Crippen LogP contribution in [0.4, 0.5) is 0 Å². The van der Waals surface area contributed by atoms with Crippen molar-refractivity contribution in [2.75, 3.05) is 7.11 Å². The molecule has 1 heterocycles. The second kappa shape index (κ2) is 3.96. The van der Waals surface area contributed by atoms with Crippen molar-refractivity contribution >= 4 is 5.97 Å². The van der Waals surface area contributed by atoms with Crippen molar-refractivity contribution < 1.29 is 9.53 Å². The fraction of sp³-hybridized carbons (Fsp3) is 0.545. The number of hydrogen-bond acceptors (Lipinski definition) is 4. The molecule has 0 fully saturated rings. The zero-order chi connectivity index (χ0) is 11.6. The molecule has 0 aliphatic heterocycles. The third kappa shape index (κ3) is 2.75. The molecule has 15 heavy (non-hydrogen) atoms. The first-order valence-corrected chi connectivity index (χ1v) is 4.79. The maximum Gasteiger partial charge on any atom is 0.376 e. The molecule has 1 aromatic rings. The minimum Gasteiger partial charge on any atom is -0.463 e. The van der Waals surface area contributed by atoms with E-state index in [0.717, 1.165) is 11.4 Å². The first kappa shape index (κ1) is 11.6. The molecular formula is C11H16N2O2. The van der Waals surface area contributed by atoms with Gasteiger partial charge in [-0.05, 0) is 13.0 Å². The van der Waals surface area contributed by atoms with Gasteiger partial charge in [-0.25, -0.2) is 14.8 Å². The topological polar surface area (TPSA) is 52.1 Å². The number of ether oxygens (including phenoxy) is 1. The summed E-state index contributed by atoms with van der Waals surface area (Å²) in [6, 6.07) is 1.88. The third-order valence-corrected chi connectivity index (χ3v) is 1.99. The van der Waals surface area contributed by atoms with Crippen LogP contribution in [0, 0.1) is 6.92 Å². The Hall–Kier alpha value is -1.45. The van der Waals surface area contributed by atoms with Crippen molar-refractivity contribution in [3.8, 4) is 0 Å². The van der Waals surface area contributed by atoms with E-state index < -0.39 is 5.97 Å². The third-order valence-electron chi connectivity index (χ3n) is 1.99. The minimum absolute atomic E-state index is 0.101. The van der Waals surface area contributed by atoms with Gasteiger partial charge in [0.1, 0.15) is 0 Å². The summed E-state index contributed by atoms with van der Waals surface area (Å²) >= 11 is 0. The van der Waals surface area contributed by atoms with Gasteiger partial charge in [0.2, 0.25) is 5.82 Å². The summed E-state index contributed by atoms with van der Waals surface area (Å²) in [7, 11) is 1.32. The predicted octanol–water partition coefficient (Wildman–Crippen LogP) is 1.87. The van der Waals surface area contributed by atoms with E-state index >= 15 is 0 Å². The molecular weight excluding hydrogens is 192 g/mol. The van der Waals surface area contributed by atoms with Crippen LogP contribution in [0.25, 0.3) is 0 Å². The van der Waals surface area contributed by atoms with E-state index in [0.29, 0.717) is 0 Å². The van der Waals surface area contributed by atoms with Crippen LogP contribution in [0.3, 0.4) is 0 Å². The van der Waals surface area contributed by atoms with Crippen LogP contribution in [0.5, 0.6) is 0 Å². The zero-order valence-corrected chi connectivity index (χ0v) is 9.79. The van der Waals surface area contributed by atoms with Gasteiger partial charge in [-0.3, -0.25) is 0 Å². The molecule has 4 heteroatoms. The van der Waals surface area contributed by atoms with Crippen LogP contribution in [0.2, 0.25) is 0 Å². The lowest BCUT2D eigenvalue weighted by molar-refractivity contribution is 0.0585. The maximum absolute atomic E-state index is 11.3. The van der Waals surface area contributed by atoms with Crippen molar-refractivity contribution in [2.45, 2.75) is 33.1 Å². The highest BCUT2D eigenvalue weighted by molar-refractivity contribution is 5.85. The molecule has 0 atom stereocenters. The maximum atomic E-state index is 11.3. The Morgan fingerprint density at radius 3 is 2.40 bits per heavy atom. The van der Waals surface area contributed by atoms with Crippen LogP contribution in [0.15, 0.2) is 6.07 Å². The molecule has 0 aliphatic carbocycles. The van der Waals surface area contributed by atoms with E-state index in [2.05, 4.69) is 14.7 Å². The van der Waals surface area contributed by atoms with Gasteiger partial charge in [-0.1, -0.05) is 20.8 Å². The largest absolute Gasteiger partial charge is 0.463 e. The number of carbonyl (C=O) groups is 1. The Morgan fingerprint density at radius 1 is 1.33 bits per heavy atom.